The van der Waals surface area contributed by atoms with E-state index in [-0.39, 0.29) is 25.6 Å². The van der Waals surface area contributed by atoms with Gasteiger partial charge in [0.1, 0.15) is 12.9 Å². The van der Waals surface area contributed by atoms with Crippen molar-refractivity contribution in [3.63, 3.8) is 0 Å². The molecule has 0 aliphatic carbocycles. The third-order valence-corrected chi connectivity index (χ3v) is 9.06. The predicted octanol–water partition coefficient (Wildman–Crippen LogP) is 7.47. The maximum absolute atomic E-state index is 13.1. The minimum atomic E-state index is -0.570. The number of rotatable bonds is 15. The van der Waals surface area contributed by atoms with Crippen LogP contribution in [0.25, 0.3) is 0 Å². The summed E-state index contributed by atoms with van der Waals surface area (Å²) < 4.78 is 5.58. The van der Waals surface area contributed by atoms with Crippen LogP contribution in [0.1, 0.15) is 47.9 Å². The molecular weight excluding hydrogens is 594 g/mol. The maximum atomic E-state index is 13.1. The van der Waals surface area contributed by atoms with Crippen LogP contribution in [0.5, 0.6) is 0 Å². The maximum Gasteiger partial charge on any atom is 0.424 e. The number of halogens is 1. The largest absolute Gasteiger partial charge is 0.444 e. The molecule has 0 atom stereocenters. The number of ether oxygens (including phenoxy) is 1. The van der Waals surface area contributed by atoms with Crippen molar-refractivity contribution in [2.45, 2.75) is 44.1 Å². The van der Waals surface area contributed by atoms with E-state index < -0.39 is 11.5 Å². The molecule has 1 saturated heterocycles. The second kappa shape index (κ2) is 18.2. The van der Waals surface area contributed by atoms with Crippen molar-refractivity contribution in [3.05, 3.63) is 144 Å². The lowest BCUT2D eigenvalue weighted by molar-refractivity contribution is -0.109. The van der Waals surface area contributed by atoms with Crippen molar-refractivity contribution in [3.8, 4) is 0 Å². The highest BCUT2D eigenvalue weighted by Gasteiger charge is 2.35. The molecule has 46 heavy (non-hydrogen) atoms. The quantitative estimate of drug-likeness (QED) is 0.108. The van der Waals surface area contributed by atoms with Crippen LogP contribution in [0.2, 0.25) is 0 Å². The third kappa shape index (κ3) is 9.76. The minimum Gasteiger partial charge on any atom is -0.444 e. The van der Waals surface area contributed by atoms with Crippen molar-refractivity contribution < 1.29 is 14.3 Å². The summed E-state index contributed by atoms with van der Waals surface area (Å²) in [7, 11) is 0. The monoisotopic (exact) mass is 639 g/mol. The van der Waals surface area contributed by atoms with Crippen molar-refractivity contribution >= 4 is 24.8 Å². The molecule has 1 heterocycles. The van der Waals surface area contributed by atoms with Gasteiger partial charge >= 0.3 is 6.09 Å². The van der Waals surface area contributed by atoms with Gasteiger partial charge < -0.3 is 14.4 Å². The van der Waals surface area contributed by atoms with Crippen LogP contribution in [-0.4, -0.2) is 55.0 Å². The Kier molecular flexibility index (Phi) is 13.8. The highest BCUT2D eigenvalue weighted by molar-refractivity contribution is 5.85. The first-order valence-corrected chi connectivity index (χ1v) is 16.2. The molecule has 0 aromatic heterocycles. The second-order valence-electron chi connectivity index (χ2n) is 12.0. The predicted molar refractivity (Wildman–Crippen MR) is 187 cm³/mol. The number of likely N-dealkylation sites (tertiary alicyclic amines) is 1. The molecule has 1 aliphatic heterocycles. The van der Waals surface area contributed by atoms with Crippen LogP contribution in [0.4, 0.5) is 4.79 Å². The van der Waals surface area contributed by atoms with E-state index in [1.54, 1.807) is 0 Å². The number of carbonyl (C=O) groups excluding carboxylic acids is 2. The summed E-state index contributed by atoms with van der Waals surface area (Å²) in [5, 5.41) is 1.30. The van der Waals surface area contributed by atoms with Crippen LogP contribution < -0.4 is 5.43 Å². The molecule has 7 heteroatoms. The SMILES string of the molecule is Cl.O=CCN(NCC(CCCN1CCC(Cc2ccccc2)CC1)(c1ccccc1)c1ccccc1)C(=O)OCc1ccccc1. The molecular formula is C39H46ClN3O3. The average Bonchev–Trinajstić information content (AvgIpc) is 3.10. The van der Waals surface area contributed by atoms with E-state index in [2.05, 4.69) is 89.2 Å². The van der Waals surface area contributed by atoms with Gasteiger partial charge in [-0.1, -0.05) is 121 Å². The molecule has 6 nitrogen and oxygen atoms in total. The second-order valence-corrected chi connectivity index (χ2v) is 12.0. The molecule has 1 fully saturated rings. The Morgan fingerprint density at radius 2 is 1.33 bits per heavy atom. The van der Waals surface area contributed by atoms with Gasteiger partial charge in [0, 0.05) is 12.0 Å². The molecule has 0 saturated carbocycles. The van der Waals surface area contributed by atoms with Gasteiger partial charge in [0.25, 0.3) is 0 Å². The number of hydrogen-bond acceptors (Lipinski definition) is 5. The van der Waals surface area contributed by atoms with Crippen LogP contribution in [0.3, 0.4) is 0 Å². The molecule has 4 aromatic rings. The summed E-state index contributed by atoms with van der Waals surface area (Å²) >= 11 is 0. The smallest absolute Gasteiger partial charge is 0.424 e. The zero-order chi connectivity index (χ0) is 31.2. The van der Waals surface area contributed by atoms with Gasteiger partial charge in [-0.2, -0.15) is 0 Å². The number of benzene rings is 4. The van der Waals surface area contributed by atoms with Gasteiger partial charge in [-0.3, -0.25) is 0 Å². The minimum absolute atomic E-state index is 0. The van der Waals surface area contributed by atoms with Crippen molar-refractivity contribution in [2.75, 3.05) is 32.7 Å². The molecule has 5 rings (SSSR count). The van der Waals surface area contributed by atoms with Crippen molar-refractivity contribution in [1.82, 2.24) is 15.3 Å². The lowest BCUT2D eigenvalue weighted by atomic mass is 9.71. The fraction of sp³-hybridized carbons (Fsp3) is 0.333. The van der Waals surface area contributed by atoms with E-state index in [4.69, 9.17) is 4.74 Å². The number of carbonyl (C=O) groups is 2. The fourth-order valence-electron chi connectivity index (χ4n) is 6.53. The highest BCUT2D eigenvalue weighted by Crippen LogP contribution is 2.37. The summed E-state index contributed by atoms with van der Waals surface area (Å²) in [6.07, 6.45) is 5.66. The Bertz CT molecular complexity index is 1390. The lowest BCUT2D eigenvalue weighted by Crippen LogP contribution is -2.51. The number of hydrogen-bond donors (Lipinski definition) is 1. The number of piperidine rings is 1. The van der Waals surface area contributed by atoms with Gasteiger partial charge in [0.2, 0.25) is 0 Å². The zero-order valence-corrected chi connectivity index (χ0v) is 27.3. The van der Waals surface area contributed by atoms with Gasteiger partial charge in [-0.15, -0.1) is 12.4 Å². The van der Waals surface area contributed by atoms with E-state index in [1.807, 2.05) is 42.5 Å². The standard InChI is InChI=1S/C39H45N3O3.ClH/c43-29-28-42(38(44)45-31-35-16-7-2-8-17-35)40-32-39(36-18-9-3-10-19-36,37-20-11-4-12-21-37)24-13-25-41-26-22-34(23-27-41)30-33-14-5-1-6-15-33;/h1-12,14-21,29,34,40H,13,22-28,30-32H2;1H. The first-order valence-electron chi connectivity index (χ1n) is 16.2. The molecule has 1 aliphatic rings. The Morgan fingerprint density at radius 1 is 0.804 bits per heavy atom. The fourth-order valence-corrected chi connectivity index (χ4v) is 6.53. The third-order valence-electron chi connectivity index (χ3n) is 9.06. The van der Waals surface area contributed by atoms with Crippen molar-refractivity contribution in [2.24, 2.45) is 5.92 Å². The van der Waals surface area contributed by atoms with Crippen LogP contribution in [0, 0.1) is 5.92 Å². The molecule has 0 unspecified atom stereocenters. The molecule has 1 amide bonds. The van der Waals surface area contributed by atoms with E-state index in [9.17, 15) is 9.59 Å². The first kappa shape index (κ1) is 34.9. The van der Waals surface area contributed by atoms with Crippen LogP contribution in [0.15, 0.2) is 121 Å². The molecule has 0 spiro atoms. The Balaban J connectivity index is 0.00000480. The first-order chi connectivity index (χ1) is 22.2. The normalized spacial score (nSPS) is 13.8. The van der Waals surface area contributed by atoms with Gasteiger partial charge in [-0.25, -0.2) is 15.2 Å². The number of hydrazine groups is 1. The van der Waals surface area contributed by atoms with Gasteiger partial charge in [0.15, 0.2) is 0 Å². The summed E-state index contributed by atoms with van der Waals surface area (Å²) in [5.74, 6) is 0.742. The summed E-state index contributed by atoms with van der Waals surface area (Å²) in [6.45, 7) is 3.75. The van der Waals surface area contributed by atoms with E-state index in [0.29, 0.717) is 6.54 Å². The zero-order valence-electron chi connectivity index (χ0n) is 26.5. The van der Waals surface area contributed by atoms with Crippen LogP contribution >= 0.6 is 12.4 Å². The van der Waals surface area contributed by atoms with E-state index >= 15 is 0 Å². The molecule has 1 N–H and O–H groups in total. The lowest BCUT2D eigenvalue weighted by Gasteiger charge is -2.38. The molecule has 0 bridgehead atoms. The average molecular weight is 640 g/mol. The molecule has 0 radical (unpaired) electrons. The summed E-state index contributed by atoms with van der Waals surface area (Å²) in [5.41, 5.74) is 7.58. The number of nitrogens with one attached hydrogen (secondary N) is 1. The summed E-state index contributed by atoms with van der Waals surface area (Å²) in [6, 6.07) is 41.4. The van der Waals surface area contributed by atoms with Crippen LogP contribution in [-0.2, 0) is 28.0 Å². The topological polar surface area (TPSA) is 61.9 Å². The summed E-state index contributed by atoms with van der Waals surface area (Å²) in [4.78, 5) is 27.4. The Hall–Kier alpha value is -3.97. The van der Waals surface area contributed by atoms with Gasteiger partial charge in [0.05, 0.1) is 6.54 Å². The number of amides is 1. The highest BCUT2D eigenvalue weighted by atomic mass is 35.5. The van der Waals surface area contributed by atoms with Gasteiger partial charge in [-0.05, 0) is 79.9 Å². The number of aldehydes is 1. The van der Waals surface area contributed by atoms with E-state index in [0.717, 1.165) is 56.7 Å². The number of nitrogens with zero attached hydrogens (tertiary/aromatic N) is 2. The van der Waals surface area contributed by atoms with E-state index in [1.165, 1.54) is 34.5 Å². The Morgan fingerprint density at radius 3 is 1.87 bits per heavy atom. The molecule has 4 aromatic carbocycles. The Labute approximate surface area is 280 Å². The molecule has 242 valence electrons. The van der Waals surface area contributed by atoms with Crippen molar-refractivity contribution in [1.29, 1.82) is 0 Å².